The first-order valence-corrected chi connectivity index (χ1v) is 14.7. The molecule has 0 saturated carbocycles. The lowest BCUT2D eigenvalue weighted by Crippen LogP contribution is -2.36. The summed E-state index contributed by atoms with van der Waals surface area (Å²) in [6.07, 6.45) is 14.3. The summed E-state index contributed by atoms with van der Waals surface area (Å²) in [7, 11) is -0.563. The Labute approximate surface area is 202 Å². The van der Waals surface area contributed by atoms with E-state index >= 15 is 0 Å². The molecule has 1 aliphatic carbocycles. The summed E-state index contributed by atoms with van der Waals surface area (Å²) in [5, 5.41) is 0.980. The van der Waals surface area contributed by atoms with Gasteiger partial charge in [0, 0.05) is 35.5 Å². The molecule has 6 nitrogen and oxygen atoms in total. The van der Waals surface area contributed by atoms with E-state index in [4.69, 9.17) is 10.5 Å². The normalized spacial score (nSPS) is 15.5. The van der Waals surface area contributed by atoms with E-state index in [1.165, 1.54) is 16.7 Å². The molecule has 0 amide bonds. The van der Waals surface area contributed by atoms with Gasteiger partial charge in [-0.15, -0.1) is 0 Å². The van der Waals surface area contributed by atoms with E-state index in [-0.39, 0.29) is 5.41 Å². The van der Waals surface area contributed by atoms with Crippen molar-refractivity contribution in [1.82, 2.24) is 19.5 Å². The monoisotopic (exact) mass is 475 g/mol. The standard InChI is InChI=1S/C27H33N5OS/c1-34(2,3)13-12-33-19-32-11-9-23-25(30-18-31-26(23)32)24-14-22(8-10-29-24)27(17-28)15-20-6-4-5-7-21(20)16-27/h4-11,14,18H,12-13,15-17,19,28H2,1-3H3. The molecule has 4 aromatic rings. The molecule has 5 rings (SSSR count). The van der Waals surface area contributed by atoms with Crippen LogP contribution in [0.2, 0.25) is 0 Å². The Morgan fingerprint density at radius 3 is 2.50 bits per heavy atom. The molecule has 0 bridgehead atoms. The summed E-state index contributed by atoms with van der Waals surface area (Å²) in [5.74, 6) is 1.09. The van der Waals surface area contributed by atoms with Crippen molar-refractivity contribution in [2.75, 3.05) is 37.7 Å². The first-order chi connectivity index (χ1) is 16.4. The van der Waals surface area contributed by atoms with E-state index in [0.29, 0.717) is 13.3 Å². The van der Waals surface area contributed by atoms with Crippen molar-refractivity contribution in [2.24, 2.45) is 5.73 Å². The molecule has 1 aliphatic rings. The molecule has 2 N–H and O–H groups in total. The summed E-state index contributed by atoms with van der Waals surface area (Å²) >= 11 is 0. The third-order valence-electron chi connectivity index (χ3n) is 6.81. The Morgan fingerprint density at radius 2 is 1.79 bits per heavy atom. The van der Waals surface area contributed by atoms with Gasteiger partial charge in [-0.25, -0.2) is 20.0 Å². The van der Waals surface area contributed by atoms with Gasteiger partial charge in [-0.3, -0.25) is 4.98 Å². The Balaban J connectivity index is 1.43. The largest absolute Gasteiger partial charge is 0.360 e. The van der Waals surface area contributed by atoms with Crippen LogP contribution in [0.4, 0.5) is 0 Å². The van der Waals surface area contributed by atoms with E-state index in [1.54, 1.807) is 6.33 Å². The number of aromatic nitrogens is 4. The van der Waals surface area contributed by atoms with Crippen molar-refractivity contribution < 1.29 is 4.74 Å². The zero-order valence-electron chi connectivity index (χ0n) is 20.2. The van der Waals surface area contributed by atoms with Crippen LogP contribution < -0.4 is 5.73 Å². The maximum atomic E-state index is 6.39. The van der Waals surface area contributed by atoms with Crippen LogP contribution in [0, 0.1) is 0 Å². The minimum atomic E-state index is -0.563. The van der Waals surface area contributed by atoms with Crippen LogP contribution in [-0.2, 0) is 29.7 Å². The Bertz CT molecular complexity index is 1280. The summed E-state index contributed by atoms with van der Waals surface area (Å²) in [5.41, 5.74) is 12.8. The predicted molar refractivity (Wildman–Crippen MR) is 142 cm³/mol. The molecule has 0 spiro atoms. The second-order valence-electron chi connectivity index (χ2n) is 10.1. The molecule has 34 heavy (non-hydrogen) atoms. The van der Waals surface area contributed by atoms with Gasteiger partial charge >= 0.3 is 0 Å². The molecule has 0 unspecified atom stereocenters. The fraction of sp³-hybridized carbons (Fsp3) is 0.370. The summed E-state index contributed by atoms with van der Waals surface area (Å²) < 4.78 is 7.99. The van der Waals surface area contributed by atoms with Gasteiger partial charge in [0.05, 0.1) is 12.3 Å². The molecule has 1 aromatic carbocycles. The average Bonchev–Trinajstić information content (AvgIpc) is 3.43. The van der Waals surface area contributed by atoms with E-state index in [2.05, 4.69) is 76.2 Å². The predicted octanol–water partition coefficient (Wildman–Crippen LogP) is 4.16. The molecule has 0 saturated heterocycles. The average molecular weight is 476 g/mol. The van der Waals surface area contributed by atoms with Gasteiger partial charge in [0.15, 0.2) is 0 Å². The molecule has 0 atom stereocenters. The minimum absolute atomic E-state index is 0.109. The van der Waals surface area contributed by atoms with Gasteiger partial charge in [0.1, 0.15) is 24.4 Å². The van der Waals surface area contributed by atoms with E-state index in [9.17, 15) is 0 Å². The van der Waals surface area contributed by atoms with Gasteiger partial charge in [-0.2, -0.15) is 0 Å². The number of hydrogen-bond donors (Lipinski definition) is 1. The van der Waals surface area contributed by atoms with Gasteiger partial charge < -0.3 is 15.0 Å². The van der Waals surface area contributed by atoms with Crippen LogP contribution >= 0.6 is 10.0 Å². The molecule has 0 radical (unpaired) electrons. The molecule has 3 aromatic heterocycles. The maximum Gasteiger partial charge on any atom is 0.145 e. The summed E-state index contributed by atoms with van der Waals surface area (Å²) in [4.78, 5) is 13.8. The number of ether oxygens (including phenoxy) is 1. The quantitative estimate of drug-likeness (QED) is 0.387. The van der Waals surface area contributed by atoms with Crippen molar-refractivity contribution in [1.29, 1.82) is 0 Å². The molecule has 7 heteroatoms. The van der Waals surface area contributed by atoms with Crippen LogP contribution in [0.1, 0.15) is 16.7 Å². The minimum Gasteiger partial charge on any atom is -0.360 e. The maximum absolute atomic E-state index is 6.39. The van der Waals surface area contributed by atoms with E-state index in [0.717, 1.165) is 47.6 Å². The molecular formula is C27H33N5OS. The molecule has 0 fully saturated rings. The second-order valence-corrected chi connectivity index (χ2v) is 14.7. The summed E-state index contributed by atoms with van der Waals surface area (Å²) in [6, 6.07) is 15.0. The second kappa shape index (κ2) is 9.13. The van der Waals surface area contributed by atoms with Crippen LogP contribution in [0.3, 0.4) is 0 Å². The van der Waals surface area contributed by atoms with Gasteiger partial charge in [0.25, 0.3) is 0 Å². The van der Waals surface area contributed by atoms with Crippen molar-refractivity contribution in [3.05, 3.63) is 77.9 Å². The number of benzene rings is 1. The molecule has 3 heterocycles. The molecule has 0 aliphatic heterocycles. The number of hydrogen-bond acceptors (Lipinski definition) is 5. The van der Waals surface area contributed by atoms with Crippen LogP contribution in [0.5, 0.6) is 0 Å². The van der Waals surface area contributed by atoms with Crippen LogP contribution in [0.25, 0.3) is 22.4 Å². The number of fused-ring (bicyclic) bond motifs is 2. The van der Waals surface area contributed by atoms with E-state index in [1.807, 2.05) is 17.0 Å². The van der Waals surface area contributed by atoms with Crippen molar-refractivity contribution in [3.63, 3.8) is 0 Å². The fourth-order valence-corrected chi connectivity index (χ4v) is 5.45. The highest BCUT2D eigenvalue weighted by Gasteiger charge is 2.37. The van der Waals surface area contributed by atoms with Crippen LogP contribution in [-0.4, -0.2) is 57.2 Å². The molecular weight excluding hydrogens is 442 g/mol. The Morgan fingerprint density at radius 1 is 1.03 bits per heavy atom. The Hall–Kier alpha value is -2.74. The zero-order chi connectivity index (χ0) is 23.8. The smallest absolute Gasteiger partial charge is 0.145 e. The lowest BCUT2D eigenvalue weighted by molar-refractivity contribution is 0.0923. The van der Waals surface area contributed by atoms with Gasteiger partial charge in [-0.1, -0.05) is 24.3 Å². The fourth-order valence-electron chi connectivity index (χ4n) is 4.83. The zero-order valence-corrected chi connectivity index (χ0v) is 21.0. The number of nitrogens with two attached hydrogens (primary N) is 1. The number of rotatable bonds is 8. The van der Waals surface area contributed by atoms with Crippen LogP contribution in [0.15, 0.2) is 61.2 Å². The highest BCUT2D eigenvalue weighted by molar-refractivity contribution is 8.32. The first-order valence-electron chi connectivity index (χ1n) is 11.7. The third kappa shape index (κ3) is 4.48. The lowest BCUT2D eigenvalue weighted by atomic mass is 9.78. The van der Waals surface area contributed by atoms with Gasteiger partial charge in [-0.05, 0) is 66.5 Å². The molecule has 178 valence electrons. The highest BCUT2D eigenvalue weighted by atomic mass is 32.3. The highest BCUT2D eigenvalue weighted by Crippen LogP contribution is 2.40. The lowest BCUT2D eigenvalue weighted by Gasteiger charge is -2.28. The Kier molecular flexibility index (Phi) is 6.18. The van der Waals surface area contributed by atoms with E-state index < -0.39 is 10.0 Å². The van der Waals surface area contributed by atoms with Crippen molar-refractivity contribution in [3.8, 4) is 11.4 Å². The third-order valence-corrected chi connectivity index (χ3v) is 8.20. The topological polar surface area (TPSA) is 78.9 Å². The number of pyridine rings is 1. The summed E-state index contributed by atoms with van der Waals surface area (Å²) in [6.45, 7) is 1.83. The van der Waals surface area contributed by atoms with Crippen molar-refractivity contribution in [2.45, 2.75) is 25.0 Å². The van der Waals surface area contributed by atoms with Crippen molar-refractivity contribution >= 4 is 21.1 Å². The first kappa shape index (κ1) is 23.0. The number of nitrogens with zero attached hydrogens (tertiary/aromatic N) is 4. The van der Waals surface area contributed by atoms with Gasteiger partial charge in [0.2, 0.25) is 0 Å². The SMILES string of the molecule is CS(C)(C)CCOCn1ccc2c(-c3cc(C4(CN)Cc5ccccc5C4)ccn3)ncnc21.